The predicted molar refractivity (Wildman–Crippen MR) is 73.3 cm³/mol. The first-order valence-corrected chi connectivity index (χ1v) is 6.02. The zero-order chi connectivity index (χ0) is 12.3. The summed E-state index contributed by atoms with van der Waals surface area (Å²) in [6, 6.07) is 15.7. The molecule has 0 fully saturated rings. The van der Waals surface area contributed by atoms with Crippen molar-refractivity contribution in [2.45, 2.75) is 6.92 Å². The lowest BCUT2D eigenvalue weighted by Gasteiger charge is -2.10. The zero-order valence-electron chi connectivity index (χ0n) is 9.37. The smallest absolute Gasteiger partial charge is 0.101 e. The third kappa shape index (κ3) is 2.66. The minimum absolute atomic E-state index is 0.639. The molecule has 1 N–H and O–H groups in total. The molecule has 0 saturated carbocycles. The maximum atomic E-state index is 9.01. The van der Waals surface area contributed by atoms with E-state index in [2.05, 4.69) is 27.3 Å². The molecule has 84 valence electrons. The Kier molecular flexibility index (Phi) is 3.46. The molecule has 17 heavy (non-hydrogen) atoms. The summed E-state index contributed by atoms with van der Waals surface area (Å²) in [5, 5.41) is 12.3. The van der Waals surface area contributed by atoms with Crippen LogP contribution in [-0.2, 0) is 0 Å². The summed E-state index contributed by atoms with van der Waals surface area (Å²) in [5.41, 5.74) is 3.61. The van der Waals surface area contributed by atoms with Gasteiger partial charge in [0.05, 0.1) is 16.9 Å². The van der Waals surface area contributed by atoms with Gasteiger partial charge in [0.25, 0.3) is 0 Å². The van der Waals surface area contributed by atoms with Crippen LogP contribution in [0.4, 0.5) is 11.4 Å². The van der Waals surface area contributed by atoms with E-state index in [1.54, 1.807) is 6.07 Å². The van der Waals surface area contributed by atoms with Crippen molar-refractivity contribution in [1.29, 1.82) is 5.26 Å². The maximum Gasteiger partial charge on any atom is 0.101 e. The fraction of sp³-hybridized carbons (Fsp3) is 0.0714. The van der Waals surface area contributed by atoms with Crippen LogP contribution < -0.4 is 5.32 Å². The molecule has 0 heterocycles. The average Bonchev–Trinajstić information content (AvgIpc) is 2.33. The van der Waals surface area contributed by atoms with Crippen molar-refractivity contribution in [2.24, 2.45) is 0 Å². The zero-order valence-corrected chi connectivity index (χ0v) is 11.0. The van der Waals surface area contributed by atoms with Crippen molar-refractivity contribution < 1.29 is 0 Å². The Bertz CT molecular complexity index is 585. The van der Waals surface area contributed by atoms with E-state index in [9.17, 15) is 0 Å². The summed E-state index contributed by atoms with van der Waals surface area (Å²) < 4.78 is 0.991. The number of aryl methyl sites for hydroxylation is 1. The summed E-state index contributed by atoms with van der Waals surface area (Å²) in [6.45, 7) is 2.04. The Morgan fingerprint density at radius 2 is 1.88 bits per heavy atom. The highest BCUT2D eigenvalue weighted by Crippen LogP contribution is 2.28. The van der Waals surface area contributed by atoms with Gasteiger partial charge in [-0.15, -0.1) is 0 Å². The Morgan fingerprint density at radius 3 is 2.59 bits per heavy atom. The molecule has 0 radical (unpaired) electrons. The third-order valence-electron chi connectivity index (χ3n) is 2.44. The van der Waals surface area contributed by atoms with E-state index in [0.717, 1.165) is 15.8 Å². The molecule has 2 aromatic carbocycles. The number of anilines is 2. The van der Waals surface area contributed by atoms with Gasteiger partial charge >= 0.3 is 0 Å². The van der Waals surface area contributed by atoms with Crippen LogP contribution in [0.1, 0.15) is 11.1 Å². The van der Waals surface area contributed by atoms with Crippen LogP contribution in [0.25, 0.3) is 0 Å². The molecule has 0 saturated heterocycles. The first-order chi connectivity index (χ1) is 8.20. The van der Waals surface area contributed by atoms with Crippen molar-refractivity contribution in [3.05, 3.63) is 58.1 Å². The summed E-state index contributed by atoms with van der Waals surface area (Å²) >= 11 is 3.51. The fourth-order valence-corrected chi connectivity index (χ4v) is 2.15. The molecule has 0 aliphatic carbocycles. The minimum Gasteiger partial charge on any atom is -0.354 e. The molecular weight excluding hydrogens is 276 g/mol. The number of nitrogens with zero attached hydrogens (tertiary/aromatic N) is 1. The molecular formula is C14H11BrN2. The van der Waals surface area contributed by atoms with Crippen LogP contribution in [0.15, 0.2) is 46.9 Å². The van der Waals surface area contributed by atoms with Gasteiger partial charge in [0.2, 0.25) is 0 Å². The highest BCUT2D eigenvalue weighted by Gasteiger charge is 2.03. The number of para-hydroxylation sites is 1. The second-order valence-electron chi connectivity index (χ2n) is 3.77. The minimum atomic E-state index is 0.639. The average molecular weight is 287 g/mol. The van der Waals surface area contributed by atoms with Gasteiger partial charge in [-0.2, -0.15) is 5.26 Å². The van der Waals surface area contributed by atoms with Crippen LogP contribution >= 0.6 is 15.9 Å². The van der Waals surface area contributed by atoms with E-state index in [1.807, 2.05) is 43.3 Å². The van der Waals surface area contributed by atoms with Gasteiger partial charge in [0.15, 0.2) is 0 Å². The highest BCUT2D eigenvalue weighted by molar-refractivity contribution is 9.10. The maximum absolute atomic E-state index is 9.01. The third-order valence-corrected chi connectivity index (χ3v) is 3.10. The highest BCUT2D eigenvalue weighted by atomic mass is 79.9. The van der Waals surface area contributed by atoms with Crippen LogP contribution in [-0.4, -0.2) is 0 Å². The lowest BCUT2D eigenvalue weighted by molar-refractivity contribution is 1.42. The number of nitriles is 1. The number of halogens is 1. The topological polar surface area (TPSA) is 35.8 Å². The van der Waals surface area contributed by atoms with Gasteiger partial charge in [-0.3, -0.25) is 0 Å². The van der Waals surface area contributed by atoms with E-state index >= 15 is 0 Å². The van der Waals surface area contributed by atoms with E-state index in [0.29, 0.717) is 5.56 Å². The molecule has 0 aliphatic heterocycles. The SMILES string of the molecule is Cc1ccc(Nc2ccccc2C#N)c(Br)c1. The second-order valence-corrected chi connectivity index (χ2v) is 4.62. The Hall–Kier alpha value is -1.79. The molecule has 0 aromatic heterocycles. The number of nitrogens with one attached hydrogen (secondary N) is 1. The van der Waals surface area contributed by atoms with Crippen molar-refractivity contribution in [3.8, 4) is 6.07 Å². The lowest BCUT2D eigenvalue weighted by Crippen LogP contribution is -1.94. The normalized spacial score (nSPS) is 9.71. The van der Waals surface area contributed by atoms with Crippen molar-refractivity contribution in [1.82, 2.24) is 0 Å². The first kappa shape index (κ1) is 11.7. The van der Waals surface area contributed by atoms with Gasteiger partial charge in [0, 0.05) is 4.47 Å². The van der Waals surface area contributed by atoms with E-state index in [4.69, 9.17) is 5.26 Å². The molecule has 0 atom stereocenters. The monoisotopic (exact) mass is 286 g/mol. The summed E-state index contributed by atoms with van der Waals surface area (Å²) in [4.78, 5) is 0. The number of hydrogen-bond donors (Lipinski definition) is 1. The molecule has 0 spiro atoms. The molecule has 2 aromatic rings. The van der Waals surface area contributed by atoms with Crippen LogP contribution in [0, 0.1) is 18.3 Å². The molecule has 0 unspecified atom stereocenters. The summed E-state index contributed by atoms with van der Waals surface area (Å²) in [7, 11) is 0. The standard InChI is InChI=1S/C14H11BrN2/c1-10-6-7-14(12(15)8-10)17-13-5-3-2-4-11(13)9-16/h2-8,17H,1H3. The Balaban J connectivity index is 2.35. The van der Waals surface area contributed by atoms with E-state index in [-0.39, 0.29) is 0 Å². The summed E-state index contributed by atoms with van der Waals surface area (Å²) in [6.07, 6.45) is 0. The van der Waals surface area contributed by atoms with Gasteiger partial charge < -0.3 is 5.32 Å². The number of hydrogen-bond acceptors (Lipinski definition) is 2. The molecule has 2 nitrogen and oxygen atoms in total. The van der Waals surface area contributed by atoms with Crippen molar-refractivity contribution >= 4 is 27.3 Å². The molecule has 2 rings (SSSR count). The van der Waals surface area contributed by atoms with Crippen LogP contribution in [0.3, 0.4) is 0 Å². The fourth-order valence-electron chi connectivity index (χ4n) is 1.56. The van der Waals surface area contributed by atoms with Gasteiger partial charge in [-0.1, -0.05) is 18.2 Å². The second kappa shape index (κ2) is 5.03. The molecule has 0 aliphatic rings. The number of benzene rings is 2. The van der Waals surface area contributed by atoms with Crippen LogP contribution in [0.2, 0.25) is 0 Å². The number of rotatable bonds is 2. The predicted octanol–water partition coefficient (Wildman–Crippen LogP) is 4.37. The Morgan fingerprint density at radius 1 is 1.12 bits per heavy atom. The van der Waals surface area contributed by atoms with Crippen molar-refractivity contribution in [2.75, 3.05) is 5.32 Å². The van der Waals surface area contributed by atoms with Crippen LogP contribution in [0.5, 0.6) is 0 Å². The molecule has 0 bridgehead atoms. The van der Waals surface area contributed by atoms with Gasteiger partial charge in [0.1, 0.15) is 6.07 Å². The van der Waals surface area contributed by atoms with Crippen molar-refractivity contribution in [3.63, 3.8) is 0 Å². The quantitative estimate of drug-likeness (QED) is 0.890. The summed E-state index contributed by atoms with van der Waals surface area (Å²) in [5.74, 6) is 0. The molecule has 3 heteroatoms. The van der Waals surface area contributed by atoms with E-state index < -0.39 is 0 Å². The lowest BCUT2D eigenvalue weighted by atomic mass is 10.1. The first-order valence-electron chi connectivity index (χ1n) is 5.23. The molecule has 0 amide bonds. The Labute approximate surface area is 109 Å². The van der Waals surface area contributed by atoms with Gasteiger partial charge in [-0.05, 0) is 52.7 Å². The van der Waals surface area contributed by atoms with E-state index in [1.165, 1.54) is 5.56 Å². The largest absolute Gasteiger partial charge is 0.354 e. The van der Waals surface area contributed by atoms with Gasteiger partial charge in [-0.25, -0.2) is 0 Å².